The van der Waals surface area contributed by atoms with E-state index in [1.165, 1.54) is 6.20 Å². The van der Waals surface area contributed by atoms with Crippen molar-refractivity contribution in [2.75, 3.05) is 13.6 Å². The lowest BCUT2D eigenvalue weighted by Gasteiger charge is -2.36. The molecule has 0 amide bonds. The zero-order valence-corrected chi connectivity index (χ0v) is 15.3. The fourth-order valence-corrected chi connectivity index (χ4v) is 3.83. The maximum Gasteiger partial charge on any atom is 0.130 e. The zero-order valence-electron chi connectivity index (χ0n) is 15.3. The van der Waals surface area contributed by atoms with Crippen LogP contribution >= 0.6 is 0 Å². The molecule has 1 aromatic carbocycles. The third-order valence-corrected chi connectivity index (χ3v) is 5.17. The molecule has 1 fully saturated rings. The molecule has 1 saturated heterocycles. The van der Waals surface area contributed by atoms with E-state index in [9.17, 15) is 10.5 Å². The number of nitrogens with two attached hydrogens (primary N) is 1. The SMILES string of the molecule is [B]c1c(C#N)cccc1C1C(C#N)=C(C2CCCCN2)NC(=NC)/C1=C\N. The predicted molar refractivity (Wildman–Crippen MR) is 106 cm³/mol. The fraction of sp³-hybridized carbons (Fsp3) is 0.350. The average molecular weight is 356 g/mol. The summed E-state index contributed by atoms with van der Waals surface area (Å²) < 4.78 is 0. The summed E-state index contributed by atoms with van der Waals surface area (Å²) in [5, 5.41) is 26.2. The third-order valence-electron chi connectivity index (χ3n) is 5.17. The number of hydrogen-bond acceptors (Lipinski definition) is 5. The molecule has 2 aliphatic rings. The van der Waals surface area contributed by atoms with Crippen LogP contribution in [0.4, 0.5) is 0 Å². The van der Waals surface area contributed by atoms with Gasteiger partial charge in [0.25, 0.3) is 0 Å². The topological polar surface area (TPSA) is 110 Å². The van der Waals surface area contributed by atoms with E-state index < -0.39 is 5.92 Å². The lowest BCUT2D eigenvalue weighted by molar-refractivity contribution is 0.428. The van der Waals surface area contributed by atoms with E-state index in [4.69, 9.17) is 13.6 Å². The minimum absolute atomic E-state index is 0.0485. The molecule has 0 aliphatic carbocycles. The summed E-state index contributed by atoms with van der Waals surface area (Å²) in [6, 6.07) is 9.80. The molecule has 0 spiro atoms. The quantitative estimate of drug-likeness (QED) is 0.680. The van der Waals surface area contributed by atoms with Gasteiger partial charge in [0.15, 0.2) is 0 Å². The number of benzene rings is 1. The molecule has 2 aliphatic heterocycles. The molecule has 0 aromatic heterocycles. The van der Waals surface area contributed by atoms with Crippen LogP contribution in [-0.4, -0.2) is 33.3 Å². The van der Waals surface area contributed by atoms with Crippen molar-refractivity contribution in [3.05, 3.63) is 52.4 Å². The Morgan fingerprint density at radius 3 is 2.70 bits per heavy atom. The van der Waals surface area contributed by atoms with Crippen LogP contribution < -0.4 is 21.8 Å². The van der Waals surface area contributed by atoms with Gasteiger partial charge in [-0.15, -0.1) is 0 Å². The number of aliphatic imine (C=N–C) groups is 1. The highest BCUT2D eigenvalue weighted by Crippen LogP contribution is 2.37. The number of amidine groups is 1. The van der Waals surface area contributed by atoms with Crippen molar-refractivity contribution in [3.8, 4) is 12.1 Å². The third kappa shape index (κ3) is 3.34. The zero-order chi connectivity index (χ0) is 19.4. The molecule has 6 nitrogen and oxygen atoms in total. The summed E-state index contributed by atoms with van der Waals surface area (Å²) in [7, 11) is 7.95. The maximum absolute atomic E-state index is 10.0. The first kappa shape index (κ1) is 18.8. The second kappa shape index (κ2) is 8.12. The van der Waals surface area contributed by atoms with Crippen molar-refractivity contribution in [1.29, 1.82) is 10.5 Å². The standard InChI is InChI=1S/C20H21BN6/c1-25-20-15(11-24)17(13-6-4-5-12(9-22)18(13)21)14(10-23)19(27-20)16-7-2-3-8-26-16/h4-6,11,16-17,26H,2-3,7-8,24H2,1H3,(H,25,27)/b15-11-. The smallest absolute Gasteiger partial charge is 0.130 e. The van der Waals surface area contributed by atoms with Gasteiger partial charge in [0.1, 0.15) is 13.7 Å². The first-order valence-corrected chi connectivity index (χ1v) is 8.98. The van der Waals surface area contributed by atoms with E-state index in [-0.39, 0.29) is 6.04 Å². The lowest BCUT2D eigenvalue weighted by Crippen LogP contribution is -2.46. The number of nitrogens with one attached hydrogen (secondary N) is 2. The highest BCUT2D eigenvalue weighted by Gasteiger charge is 2.36. The summed E-state index contributed by atoms with van der Waals surface area (Å²) in [4.78, 5) is 4.34. The van der Waals surface area contributed by atoms with E-state index in [2.05, 4.69) is 27.8 Å². The average Bonchev–Trinajstić information content (AvgIpc) is 2.73. The maximum atomic E-state index is 10.0. The van der Waals surface area contributed by atoms with Gasteiger partial charge in [0.2, 0.25) is 0 Å². The largest absolute Gasteiger partial charge is 0.404 e. The highest BCUT2D eigenvalue weighted by atomic mass is 15.1. The van der Waals surface area contributed by atoms with E-state index in [0.29, 0.717) is 33.6 Å². The van der Waals surface area contributed by atoms with Crippen molar-refractivity contribution in [1.82, 2.24) is 10.6 Å². The van der Waals surface area contributed by atoms with Gasteiger partial charge < -0.3 is 16.4 Å². The number of piperidine rings is 1. The summed E-state index contributed by atoms with van der Waals surface area (Å²) in [6.07, 6.45) is 4.61. The molecule has 2 unspecified atom stereocenters. The van der Waals surface area contributed by atoms with E-state index in [1.54, 1.807) is 19.2 Å². The number of allylic oxidation sites excluding steroid dienone is 1. The number of nitriles is 2. The normalized spacial score (nSPS) is 25.7. The van der Waals surface area contributed by atoms with Gasteiger partial charge in [-0.1, -0.05) is 24.0 Å². The Hall–Kier alpha value is -3.03. The molecule has 7 heteroatoms. The molecular weight excluding hydrogens is 335 g/mol. The van der Waals surface area contributed by atoms with Crippen LogP contribution in [0.2, 0.25) is 0 Å². The second-order valence-corrected chi connectivity index (χ2v) is 6.61. The Morgan fingerprint density at radius 1 is 1.30 bits per heavy atom. The first-order chi connectivity index (χ1) is 13.2. The summed E-state index contributed by atoms with van der Waals surface area (Å²) >= 11 is 0. The molecule has 2 atom stereocenters. The van der Waals surface area contributed by atoms with Crippen molar-refractivity contribution in [2.45, 2.75) is 31.2 Å². The fourth-order valence-electron chi connectivity index (χ4n) is 3.83. The van der Waals surface area contributed by atoms with Crippen LogP contribution in [0.15, 0.2) is 46.2 Å². The number of rotatable bonds is 2. The van der Waals surface area contributed by atoms with Crippen molar-refractivity contribution in [3.63, 3.8) is 0 Å². The van der Waals surface area contributed by atoms with Crippen LogP contribution in [0.3, 0.4) is 0 Å². The number of hydrogen-bond donors (Lipinski definition) is 3. The van der Waals surface area contributed by atoms with E-state index in [1.807, 2.05) is 6.07 Å². The molecule has 0 bridgehead atoms. The Bertz CT molecular complexity index is 909. The predicted octanol–water partition coefficient (Wildman–Crippen LogP) is 0.830. The lowest BCUT2D eigenvalue weighted by atomic mass is 9.73. The Balaban J connectivity index is 2.24. The van der Waals surface area contributed by atoms with Crippen molar-refractivity contribution >= 4 is 19.1 Å². The molecule has 134 valence electrons. The first-order valence-electron chi connectivity index (χ1n) is 8.98. The number of nitrogens with zero attached hydrogens (tertiary/aromatic N) is 3. The van der Waals surface area contributed by atoms with Gasteiger partial charge in [-0.25, -0.2) is 0 Å². The minimum Gasteiger partial charge on any atom is -0.404 e. The molecular formula is C20H21BN6. The van der Waals surface area contributed by atoms with Crippen LogP contribution in [0, 0.1) is 22.7 Å². The van der Waals surface area contributed by atoms with Crippen LogP contribution in [-0.2, 0) is 0 Å². The summed E-state index contributed by atoms with van der Waals surface area (Å²) in [5.74, 6) is 0.151. The van der Waals surface area contributed by atoms with Crippen molar-refractivity contribution < 1.29 is 0 Å². The Labute approximate surface area is 160 Å². The van der Waals surface area contributed by atoms with Gasteiger partial charge in [0.05, 0.1) is 23.6 Å². The van der Waals surface area contributed by atoms with Crippen LogP contribution in [0.25, 0.3) is 0 Å². The van der Waals surface area contributed by atoms with Crippen molar-refractivity contribution in [2.24, 2.45) is 10.7 Å². The summed E-state index contributed by atoms with van der Waals surface area (Å²) in [5.41, 5.74) is 9.41. The highest BCUT2D eigenvalue weighted by molar-refractivity contribution is 6.35. The van der Waals surface area contributed by atoms with Gasteiger partial charge in [-0.05, 0) is 31.0 Å². The molecule has 3 rings (SSSR count). The molecule has 1 aromatic rings. The van der Waals surface area contributed by atoms with Crippen LogP contribution in [0.1, 0.15) is 36.3 Å². The molecule has 2 heterocycles. The van der Waals surface area contributed by atoms with Crippen LogP contribution in [0.5, 0.6) is 0 Å². The van der Waals surface area contributed by atoms with Gasteiger partial charge >= 0.3 is 0 Å². The molecule has 0 saturated carbocycles. The second-order valence-electron chi connectivity index (χ2n) is 6.61. The molecule has 27 heavy (non-hydrogen) atoms. The van der Waals surface area contributed by atoms with E-state index >= 15 is 0 Å². The van der Waals surface area contributed by atoms with Gasteiger partial charge in [-0.2, -0.15) is 10.5 Å². The minimum atomic E-state index is -0.466. The summed E-state index contributed by atoms with van der Waals surface area (Å²) in [6.45, 7) is 0.906. The molecule has 4 N–H and O–H groups in total. The van der Waals surface area contributed by atoms with E-state index in [0.717, 1.165) is 31.5 Å². The van der Waals surface area contributed by atoms with Gasteiger partial charge in [0, 0.05) is 36.1 Å². The Kier molecular flexibility index (Phi) is 5.64. The van der Waals surface area contributed by atoms with Gasteiger partial charge in [-0.3, -0.25) is 4.99 Å². The Morgan fingerprint density at radius 2 is 2.11 bits per heavy atom. The monoisotopic (exact) mass is 356 g/mol. The molecule has 2 radical (unpaired) electrons.